The summed E-state index contributed by atoms with van der Waals surface area (Å²) in [7, 11) is 1.44. The fourth-order valence-electron chi connectivity index (χ4n) is 2.00. The zero-order chi connectivity index (χ0) is 19.2. The first-order valence-corrected chi connectivity index (χ1v) is 8.65. The number of rotatable bonds is 9. The van der Waals surface area contributed by atoms with Gasteiger partial charge in [0.15, 0.2) is 11.5 Å². The average molecular weight is 372 g/mol. The number of hydrogen-bond donors (Lipinski definition) is 1. The number of carboxylic acids is 1. The first-order valence-electron chi connectivity index (χ1n) is 8.27. The number of carbonyl (C=O) groups is 2. The van der Waals surface area contributed by atoms with E-state index in [0.29, 0.717) is 24.7 Å². The fraction of sp³-hybridized carbons (Fsp3) is 0.556. The summed E-state index contributed by atoms with van der Waals surface area (Å²) in [4.78, 5) is 25.2. The molecule has 1 aromatic carbocycles. The topological polar surface area (TPSA) is 76.1 Å². The maximum Gasteiger partial charge on any atom is 0.329 e. The van der Waals surface area contributed by atoms with Gasteiger partial charge in [-0.25, -0.2) is 4.79 Å². The minimum Gasteiger partial charge on any atom is -0.490 e. The second-order valence-corrected chi connectivity index (χ2v) is 6.56. The van der Waals surface area contributed by atoms with E-state index < -0.39 is 17.4 Å². The smallest absolute Gasteiger partial charge is 0.329 e. The molecule has 25 heavy (non-hydrogen) atoms. The van der Waals surface area contributed by atoms with Crippen LogP contribution in [0.4, 0.5) is 0 Å². The van der Waals surface area contributed by atoms with Crippen LogP contribution >= 0.6 is 11.6 Å². The van der Waals surface area contributed by atoms with E-state index in [4.69, 9.17) is 21.1 Å². The van der Waals surface area contributed by atoms with Crippen molar-refractivity contribution in [2.24, 2.45) is 0 Å². The molecule has 0 heterocycles. The fourth-order valence-corrected chi connectivity index (χ4v) is 2.27. The van der Waals surface area contributed by atoms with Gasteiger partial charge in [-0.2, -0.15) is 0 Å². The summed E-state index contributed by atoms with van der Waals surface area (Å²) in [6.45, 7) is 7.67. The van der Waals surface area contributed by atoms with E-state index in [1.807, 2.05) is 6.92 Å². The van der Waals surface area contributed by atoms with Gasteiger partial charge < -0.3 is 19.5 Å². The second kappa shape index (κ2) is 8.94. The van der Waals surface area contributed by atoms with Crippen LogP contribution < -0.4 is 9.47 Å². The summed E-state index contributed by atoms with van der Waals surface area (Å²) in [5, 5.41) is 9.56. The molecule has 0 spiro atoms. The molecule has 1 aromatic rings. The van der Waals surface area contributed by atoms with Crippen LogP contribution in [0, 0.1) is 0 Å². The Labute approximate surface area is 153 Å². The number of unbranched alkanes of at least 4 members (excludes halogenated alkanes) is 1. The third-order valence-corrected chi connectivity index (χ3v) is 4.25. The minimum absolute atomic E-state index is 0.244. The first-order chi connectivity index (χ1) is 11.7. The molecule has 0 saturated heterocycles. The van der Waals surface area contributed by atoms with Crippen molar-refractivity contribution in [1.82, 2.24) is 4.90 Å². The number of hydrogen-bond acceptors (Lipinski definition) is 4. The van der Waals surface area contributed by atoms with Crippen LogP contribution in [0.2, 0.25) is 5.02 Å². The highest BCUT2D eigenvalue weighted by molar-refractivity contribution is 6.32. The molecule has 0 aliphatic carbocycles. The van der Waals surface area contributed by atoms with Gasteiger partial charge in [-0.1, -0.05) is 24.9 Å². The van der Waals surface area contributed by atoms with Crippen LogP contribution in [-0.2, 0) is 4.79 Å². The SMILES string of the molecule is CCCCOc1c(Cl)cc(C(=O)N(C)C(C)(C)C(=O)O)cc1OCC. The molecule has 0 saturated carbocycles. The molecule has 0 atom stereocenters. The van der Waals surface area contributed by atoms with E-state index in [-0.39, 0.29) is 10.6 Å². The van der Waals surface area contributed by atoms with E-state index >= 15 is 0 Å². The second-order valence-electron chi connectivity index (χ2n) is 6.15. The van der Waals surface area contributed by atoms with Crippen LogP contribution in [0.1, 0.15) is 50.9 Å². The highest BCUT2D eigenvalue weighted by Gasteiger charge is 2.36. The summed E-state index contributed by atoms with van der Waals surface area (Å²) in [6.07, 6.45) is 1.85. The van der Waals surface area contributed by atoms with Crippen molar-refractivity contribution in [2.75, 3.05) is 20.3 Å². The number of carboxylic acid groups (broad SMARTS) is 1. The summed E-state index contributed by atoms with van der Waals surface area (Å²) < 4.78 is 11.2. The lowest BCUT2D eigenvalue weighted by Gasteiger charge is -2.31. The number of carbonyl (C=O) groups excluding carboxylic acids is 1. The lowest BCUT2D eigenvalue weighted by atomic mass is 10.0. The van der Waals surface area contributed by atoms with Gasteiger partial charge >= 0.3 is 5.97 Å². The lowest BCUT2D eigenvalue weighted by molar-refractivity contribution is -0.147. The molecule has 0 aliphatic heterocycles. The van der Waals surface area contributed by atoms with Crippen molar-refractivity contribution in [3.63, 3.8) is 0 Å². The van der Waals surface area contributed by atoms with E-state index in [9.17, 15) is 14.7 Å². The Balaban J connectivity index is 3.20. The zero-order valence-electron chi connectivity index (χ0n) is 15.4. The largest absolute Gasteiger partial charge is 0.490 e. The summed E-state index contributed by atoms with van der Waals surface area (Å²) in [5.41, 5.74) is -1.11. The van der Waals surface area contributed by atoms with Gasteiger partial charge in [0.1, 0.15) is 5.54 Å². The van der Waals surface area contributed by atoms with Gasteiger partial charge in [-0.3, -0.25) is 4.79 Å². The van der Waals surface area contributed by atoms with E-state index in [1.54, 1.807) is 0 Å². The number of nitrogens with zero attached hydrogens (tertiary/aromatic N) is 1. The van der Waals surface area contributed by atoms with Crippen LogP contribution in [0.15, 0.2) is 12.1 Å². The third kappa shape index (κ3) is 5.01. The molecule has 1 amide bonds. The predicted molar refractivity (Wildman–Crippen MR) is 96.8 cm³/mol. The van der Waals surface area contributed by atoms with Crippen molar-refractivity contribution in [3.05, 3.63) is 22.7 Å². The van der Waals surface area contributed by atoms with Crippen LogP contribution in [0.25, 0.3) is 0 Å². The first kappa shape index (κ1) is 21.1. The van der Waals surface area contributed by atoms with Gasteiger partial charge in [0, 0.05) is 12.6 Å². The Morgan fingerprint density at radius 2 is 1.88 bits per heavy atom. The maximum absolute atomic E-state index is 12.7. The van der Waals surface area contributed by atoms with Crippen molar-refractivity contribution >= 4 is 23.5 Å². The molecular formula is C18H26ClNO5. The summed E-state index contributed by atoms with van der Waals surface area (Å²) in [5.74, 6) is -0.793. The molecule has 0 radical (unpaired) electrons. The predicted octanol–water partition coefficient (Wildman–Crippen LogP) is 3.85. The molecule has 140 valence electrons. The number of ether oxygens (including phenoxy) is 2. The van der Waals surface area contributed by atoms with E-state index in [1.165, 1.54) is 33.0 Å². The maximum atomic E-state index is 12.7. The monoisotopic (exact) mass is 371 g/mol. The van der Waals surface area contributed by atoms with E-state index in [0.717, 1.165) is 17.7 Å². The van der Waals surface area contributed by atoms with Crippen LogP contribution in [-0.4, -0.2) is 47.7 Å². The number of aliphatic carboxylic acids is 1. The molecular weight excluding hydrogens is 346 g/mol. The van der Waals surface area contributed by atoms with Crippen molar-refractivity contribution in [1.29, 1.82) is 0 Å². The molecule has 0 fully saturated rings. The molecule has 0 aromatic heterocycles. The summed E-state index contributed by atoms with van der Waals surface area (Å²) in [6, 6.07) is 3.01. The molecule has 0 aliphatic rings. The zero-order valence-corrected chi connectivity index (χ0v) is 16.1. The Bertz CT molecular complexity index is 630. The quantitative estimate of drug-likeness (QED) is 0.667. The Morgan fingerprint density at radius 3 is 2.40 bits per heavy atom. The molecule has 1 rings (SSSR count). The van der Waals surface area contributed by atoms with Gasteiger partial charge in [0.25, 0.3) is 5.91 Å². The van der Waals surface area contributed by atoms with Crippen LogP contribution in [0.3, 0.4) is 0 Å². The summed E-state index contributed by atoms with van der Waals surface area (Å²) >= 11 is 6.28. The van der Waals surface area contributed by atoms with Gasteiger partial charge in [0.2, 0.25) is 0 Å². The van der Waals surface area contributed by atoms with E-state index in [2.05, 4.69) is 6.92 Å². The Kier molecular flexibility index (Phi) is 7.55. The van der Waals surface area contributed by atoms with Crippen molar-refractivity contribution in [2.45, 2.75) is 46.1 Å². The molecule has 0 unspecified atom stereocenters. The average Bonchev–Trinajstić information content (AvgIpc) is 2.55. The molecule has 1 N–H and O–H groups in total. The van der Waals surface area contributed by atoms with Gasteiger partial charge in [-0.05, 0) is 39.3 Å². The standard InChI is InChI=1S/C18H26ClNO5/c1-6-8-9-25-15-13(19)10-12(11-14(15)24-7-2)16(21)20(5)18(3,4)17(22)23/h10-11H,6-9H2,1-5H3,(H,22,23). The van der Waals surface area contributed by atoms with Crippen molar-refractivity contribution < 1.29 is 24.2 Å². The third-order valence-electron chi connectivity index (χ3n) is 3.97. The number of halogens is 1. The highest BCUT2D eigenvalue weighted by atomic mass is 35.5. The molecule has 6 nitrogen and oxygen atoms in total. The molecule has 0 bridgehead atoms. The normalized spacial score (nSPS) is 11.1. The van der Waals surface area contributed by atoms with Crippen LogP contribution in [0.5, 0.6) is 11.5 Å². The van der Waals surface area contributed by atoms with Gasteiger partial charge in [-0.15, -0.1) is 0 Å². The van der Waals surface area contributed by atoms with Gasteiger partial charge in [0.05, 0.1) is 18.2 Å². The minimum atomic E-state index is -1.36. The number of likely N-dealkylation sites (N-methyl/N-ethyl adjacent to an activating group) is 1. The Hall–Kier alpha value is -1.95. The Morgan fingerprint density at radius 1 is 1.24 bits per heavy atom. The highest BCUT2D eigenvalue weighted by Crippen LogP contribution is 2.37. The number of benzene rings is 1. The van der Waals surface area contributed by atoms with Crippen molar-refractivity contribution in [3.8, 4) is 11.5 Å². The number of amides is 1. The lowest BCUT2D eigenvalue weighted by Crippen LogP contribution is -2.50. The molecule has 7 heteroatoms.